The highest BCUT2D eigenvalue weighted by Crippen LogP contribution is 2.39. The van der Waals surface area contributed by atoms with E-state index in [1.807, 2.05) is 25.5 Å². The maximum atomic E-state index is 4.66. The van der Waals surface area contributed by atoms with Gasteiger partial charge in [0, 0.05) is 36.3 Å². The van der Waals surface area contributed by atoms with Crippen molar-refractivity contribution in [3.63, 3.8) is 0 Å². The van der Waals surface area contributed by atoms with Crippen LogP contribution in [0.4, 0.5) is 0 Å². The van der Waals surface area contributed by atoms with Gasteiger partial charge in [-0.25, -0.2) is 14.6 Å². The van der Waals surface area contributed by atoms with E-state index in [1.165, 1.54) is 12.8 Å². The van der Waals surface area contributed by atoms with Gasteiger partial charge in [0.2, 0.25) is 0 Å². The highest BCUT2D eigenvalue weighted by atomic mass is 15.4. The zero-order chi connectivity index (χ0) is 14.7. The Morgan fingerprint density at radius 3 is 3.05 bits per heavy atom. The summed E-state index contributed by atoms with van der Waals surface area (Å²) in [6.45, 7) is 0. The first-order valence-electron chi connectivity index (χ1n) is 7.43. The number of hydrogen-bond acceptors (Lipinski definition) is 4. The molecule has 0 unspecified atom stereocenters. The minimum Gasteiger partial charge on any atom is -0.345 e. The number of fused-ring (bicyclic) bond motifs is 2. The van der Waals surface area contributed by atoms with Crippen molar-refractivity contribution in [3.8, 4) is 11.1 Å². The maximum Gasteiger partial charge on any atom is 0.141 e. The molecule has 5 rings (SSSR count). The molecular weight excluding hydrogens is 276 g/mol. The highest BCUT2D eigenvalue weighted by molar-refractivity contribution is 5.95. The maximum absolute atomic E-state index is 4.66. The first-order valence-corrected chi connectivity index (χ1v) is 7.43. The molecule has 0 spiro atoms. The second kappa shape index (κ2) is 4.13. The van der Waals surface area contributed by atoms with Crippen LogP contribution >= 0.6 is 0 Å². The summed E-state index contributed by atoms with van der Waals surface area (Å²) in [5, 5.41) is 9.23. The van der Waals surface area contributed by atoms with Crippen LogP contribution in [-0.2, 0) is 7.05 Å². The molecule has 4 aromatic rings. The van der Waals surface area contributed by atoms with E-state index in [9.17, 15) is 0 Å². The number of H-pyrrole nitrogens is 1. The predicted molar refractivity (Wildman–Crippen MR) is 83.4 cm³/mol. The van der Waals surface area contributed by atoms with E-state index in [1.54, 1.807) is 4.68 Å². The van der Waals surface area contributed by atoms with E-state index in [0.717, 1.165) is 39.0 Å². The first kappa shape index (κ1) is 11.9. The topological polar surface area (TPSA) is 72.3 Å². The van der Waals surface area contributed by atoms with Crippen molar-refractivity contribution in [2.75, 3.05) is 0 Å². The fourth-order valence-electron chi connectivity index (χ4n) is 2.90. The average molecular weight is 290 g/mol. The standard InChI is InChI=1S/C16H14N6/c1-22-14-6-10(4-5-13(14)20-21-22)11-7-18-16-12(11)8-17-15(19-16)9-2-3-9/h4-9H,2-3H2,1H3,(H,17,18,19). The zero-order valence-electron chi connectivity index (χ0n) is 12.1. The molecule has 0 saturated heterocycles. The lowest BCUT2D eigenvalue weighted by atomic mass is 10.1. The molecule has 22 heavy (non-hydrogen) atoms. The molecule has 0 radical (unpaired) electrons. The van der Waals surface area contributed by atoms with E-state index < -0.39 is 0 Å². The Morgan fingerprint density at radius 1 is 1.27 bits per heavy atom. The van der Waals surface area contributed by atoms with Gasteiger partial charge in [0.15, 0.2) is 0 Å². The molecule has 0 bridgehead atoms. The lowest BCUT2D eigenvalue weighted by molar-refractivity contribution is 0.736. The quantitative estimate of drug-likeness (QED) is 0.616. The largest absolute Gasteiger partial charge is 0.345 e. The minimum atomic E-state index is 0.563. The Morgan fingerprint density at radius 2 is 2.18 bits per heavy atom. The van der Waals surface area contributed by atoms with Gasteiger partial charge in [0.1, 0.15) is 17.0 Å². The van der Waals surface area contributed by atoms with Crippen molar-refractivity contribution in [1.29, 1.82) is 0 Å². The molecule has 1 N–H and O–H groups in total. The van der Waals surface area contributed by atoms with Crippen LogP contribution < -0.4 is 0 Å². The number of nitrogens with zero attached hydrogens (tertiary/aromatic N) is 5. The van der Waals surface area contributed by atoms with E-state index >= 15 is 0 Å². The fourth-order valence-corrected chi connectivity index (χ4v) is 2.90. The van der Waals surface area contributed by atoms with Crippen molar-refractivity contribution >= 4 is 22.1 Å². The van der Waals surface area contributed by atoms with Gasteiger partial charge >= 0.3 is 0 Å². The number of aromatic nitrogens is 6. The van der Waals surface area contributed by atoms with Crippen LogP contribution in [0.15, 0.2) is 30.6 Å². The van der Waals surface area contributed by atoms with Crippen molar-refractivity contribution < 1.29 is 0 Å². The summed E-state index contributed by atoms with van der Waals surface area (Å²) >= 11 is 0. The van der Waals surface area contributed by atoms with Gasteiger partial charge in [0.25, 0.3) is 0 Å². The van der Waals surface area contributed by atoms with E-state index in [-0.39, 0.29) is 0 Å². The molecule has 6 heteroatoms. The van der Waals surface area contributed by atoms with Gasteiger partial charge < -0.3 is 4.98 Å². The summed E-state index contributed by atoms with van der Waals surface area (Å²) in [7, 11) is 1.90. The molecule has 3 heterocycles. The molecule has 1 aliphatic rings. The van der Waals surface area contributed by atoms with Crippen molar-refractivity contribution in [2.24, 2.45) is 7.05 Å². The van der Waals surface area contributed by atoms with Crippen molar-refractivity contribution in [2.45, 2.75) is 18.8 Å². The van der Waals surface area contributed by atoms with Crippen LogP contribution in [-0.4, -0.2) is 29.9 Å². The molecule has 1 saturated carbocycles. The van der Waals surface area contributed by atoms with Crippen LogP contribution in [0.25, 0.3) is 33.2 Å². The number of aromatic amines is 1. The summed E-state index contributed by atoms with van der Waals surface area (Å²) in [5.41, 5.74) is 5.06. The number of rotatable bonds is 2. The third-order valence-corrected chi connectivity index (χ3v) is 4.31. The molecule has 1 aromatic carbocycles. The molecule has 1 aliphatic carbocycles. The molecule has 0 aliphatic heterocycles. The van der Waals surface area contributed by atoms with Crippen LogP contribution in [0.3, 0.4) is 0 Å². The predicted octanol–water partition coefficient (Wildman–Crippen LogP) is 2.78. The Bertz CT molecular complexity index is 1010. The normalized spacial score (nSPS) is 15.0. The van der Waals surface area contributed by atoms with E-state index in [2.05, 4.69) is 37.4 Å². The molecular formula is C16H14N6. The Balaban J connectivity index is 1.69. The van der Waals surface area contributed by atoms with Gasteiger partial charge in [0.05, 0.1) is 5.52 Å². The second-order valence-electron chi connectivity index (χ2n) is 5.88. The summed E-state index contributed by atoms with van der Waals surface area (Å²) in [6.07, 6.45) is 6.36. The van der Waals surface area contributed by atoms with Crippen LogP contribution in [0.1, 0.15) is 24.6 Å². The number of nitrogens with one attached hydrogen (secondary N) is 1. The third-order valence-electron chi connectivity index (χ3n) is 4.31. The number of benzene rings is 1. The smallest absolute Gasteiger partial charge is 0.141 e. The number of aryl methyl sites for hydroxylation is 1. The fraction of sp³-hybridized carbons (Fsp3) is 0.250. The van der Waals surface area contributed by atoms with E-state index in [0.29, 0.717) is 5.92 Å². The molecule has 3 aromatic heterocycles. The van der Waals surface area contributed by atoms with Gasteiger partial charge in [-0.15, -0.1) is 5.10 Å². The van der Waals surface area contributed by atoms with Gasteiger partial charge in [-0.2, -0.15) is 0 Å². The highest BCUT2D eigenvalue weighted by Gasteiger charge is 2.27. The SMILES string of the molecule is Cn1nnc2ccc(-c3c[nH]c4nc(C5CC5)ncc34)cc21. The van der Waals surface area contributed by atoms with Gasteiger partial charge in [-0.05, 0) is 30.5 Å². The van der Waals surface area contributed by atoms with Crippen LogP contribution in [0.2, 0.25) is 0 Å². The van der Waals surface area contributed by atoms with Crippen LogP contribution in [0, 0.1) is 0 Å². The molecule has 1 fully saturated rings. The second-order valence-corrected chi connectivity index (χ2v) is 5.88. The van der Waals surface area contributed by atoms with Crippen molar-refractivity contribution in [1.82, 2.24) is 29.9 Å². The third kappa shape index (κ3) is 1.67. The van der Waals surface area contributed by atoms with Gasteiger partial charge in [-0.1, -0.05) is 11.3 Å². The lowest BCUT2D eigenvalue weighted by Gasteiger charge is -2.01. The van der Waals surface area contributed by atoms with Gasteiger partial charge in [-0.3, -0.25) is 0 Å². The summed E-state index contributed by atoms with van der Waals surface area (Å²) in [4.78, 5) is 12.5. The molecule has 6 nitrogen and oxygen atoms in total. The molecule has 0 amide bonds. The summed E-state index contributed by atoms with van der Waals surface area (Å²) < 4.78 is 1.79. The minimum absolute atomic E-state index is 0.563. The molecule has 108 valence electrons. The summed E-state index contributed by atoms with van der Waals surface area (Å²) in [5.74, 6) is 1.53. The first-order chi connectivity index (χ1) is 10.8. The van der Waals surface area contributed by atoms with Crippen LogP contribution in [0.5, 0.6) is 0 Å². The zero-order valence-corrected chi connectivity index (χ0v) is 12.1. The lowest BCUT2D eigenvalue weighted by Crippen LogP contribution is -1.92. The Hall–Kier alpha value is -2.76. The monoisotopic (exact) mass is 290 g/mol. The van der Waals surface area contributed by atoms with E-state index in [4.69, 9.17) is 0 Å². The average Bonchev–Trinajstić information content (AvgIpc) is 3.22. The number of hydrogen-bond donors (Lipinski definition) is 1. The Labute approximate surface area is 126 Å². The molecule has 0 atom stereocenters. The Kier molecular flexibility index (Phi) is 2.22. The van der Waals surface area contributed by atoms with Crippen molar-refractivity contribution in [3.05, 3.63) is 36.4 Å². The summed E-state index contributed by atoms with van der Waals surface area (Å²) in [6, 6.07) is 6.16.